The number of carbonyl (C=O) groups is 2. The molecule has 2 aromatic carbocycles. The monoisotopic (exact) mass is 440 g/mol. The summed E-state index contributed by atoms with van der Waals surface area (Å²) in [5, 5.41) is 24.8. The Balaban J connectivity index is 1.46. The van der Waals surface area contributed by atoms with E-state index in [0.29, 0.717) is 16.7 Å². The third kappa shape index (κ3) is 6.37. The summed E-state index contributed by atoms with van der Waals surface area (Å²) in [6, 6.07) is 15.0. The van der Waals surface area contributed by atoms with E-state index in [1.807, 2.05) is 30.3 Å². The average molecular weight is 440 g/mol. The smallest absolute Gasteiger partial charge is 0.269 e. The standard InChI is InChI=1S/C20H20N6O4S/c1-25-17(12-21-18(27)11-14-5-3-2-4-6-14)23-24-20(25)31-13-19(28)22-15-7-9-16(10-8-15)26(29)30/h2-10H,11-13H2,1H3,(H,21,27)(H,22,28). The summed E-state index contributed by atoms with van der Waals surface area (Å²) in [6.07, 6.45) is 0.281. The van der Waals surface area contributed by atoms with Crippen LogP contribution in [0.2, 0.25) is 0 Å². The van der Waals surface area contributed by atoms with Crippen molar-refractivity contribution in [1.82, 2.24) is 20.1 Å². The Bertz CT molecular complexity index is 1070. The topological polar surface area (TPSA) is 132 Å². The van der Waals surface area contributed by atoms with Crippen molar-refractivity contribution in [2.75, 3.05) is 11.1 Å². The minimum atomic E-state index is -0.503. The molecule has 3 rings (SSSR count). The van der Waals surface area contributed by atoms with Gasteiger partial charge in [0.05, 0.1) is 23.6 Å². The molecular formula is C20H20N6O4S. The van der Waals surface area contributed by atoms with Crippen molar-refractivity contribution < 1.29 is 14.5 Å². The van der Waals surface area contributed by atoms with E-state index in [-0.39, 0.29) is 36.2 Å². The summed E-state index contributed by atoms with van der Waals surface area (Å²) in [6.45, 7) is 0.227. The number of hydrogen-bond acceptors (Lipinski definition) is 7. The molecular weight excluding hydrogens is 420 g/mol. The van der Waals surface area contributed by atoms with Crippen LogP contribution in [0, 0.1) is 10.1 Å². The first-order valence-electron chi connectivity index (χ1n) is 9.28. The van der Waals surface area contributed by atoms with Gasteiger partial charge in [0.1, 0.15) is 0 Å². The zero-order valence-electron chi connectivity index (χ0n) is 16.6. The Kier molecular flexibility index (Phi) is 7.33. The second kappa shape index (κ2) is 10.3. The lowest BCUT2D eigenvalue weighted by Gasteiger charge is -2.07. The van der Waals surface area contributed by atoms with Gasteiger partial charge in [-0.1, -0.05) is 42.1 Å². The fourth-order valence-corrected chi connectivity index (χ4v) is 3.37. The minimum absolute atomic E-state index is 0.0464. The van der Waals surface area contributed by atoms with Crippen LogP contribution in [0.1, 0.15) is 11.4 Å². The molecule has 31 heavy (non-hydrogen) atoms. The van der Waals surface area contributed by atoms with Crippen molar-refractivity contribution in [2.45, 2.75) is 18.1 Å². The zero-order valence-corrected chi connectivity index (χ0v) is 17.5. The van der Waals surface area contributed by atoms with Gasteiger partial charge in [0, 0.05) is 24.9 Å². The maximum Gasteiger partial charge on any atom is 0.269 e. The normalized spacial score (nSPS) is 10.5. The second-order valence-corrected chi connectivity index (χ2v) is 7.48. The fraction of sp³-hybridized carbons (Fsp3) is 0.200. The number of carbonyl (C=O) groups excluding carboxylic acids is 2. The van der Waals surface area contributed by atoms with Crippen LogP contribution >= 0.6 is 11.8 Å². The molecule has 0 bridgehead atoms. The minimum Gasteiger partial charge on any atom is -0.349 e. The first kappa shape index (κ1) is 22.0. The number of anilines is 1. The van der Waals surface area contributed by atoms with Gasteiger partial charge in [-0.3, -0.25) is 19.7 Å². The van der Waals surface area contributed by atoms with Crippen LogP contribution < -0.4 is 10.6 Å². The Morgan fingerprint density at radius 1 is 1.06 bits per heavy atom. The number of hydrogen-bond donors (Lipinski definition) is 2. The highest BCUT2D eigenvalue weighted by Gasteiger charge is 2.13. The molecule has 0 saturated carbocycles. The Labute approximate surface area is 182 Å². The molecule has 0 spiro atoms. The van der Waals surface area contributed by atoms with Crippen LogP contribution in [0.4, 0.5) is 11.4 Å². The van der Waals surface area contributed by atoms with Crippen molar-refractivity contribution >= 4 is 35.0 Å². The van der Waals surface area contributed by atoms with Crippen molar-refractivity contribution in [3.05, 3.63) is 76.1 Å². The number of aromatic nitrogens is 3. The van der Waals surface area contributed by atoms with Crippen LogP contribution in [0.25, 0.3) is 0 Å². The molecule has 0 aliphatic carbocycles. The van der Waals surface area contributed by atoms with E-state index in [1.165, 1.54) is 36.0 Å². The maximum absolute atomic E-state index is 12.1. The van der Waals surface area contributed by atoms with Gasteiger partial charge in [0.25, 0.3) is 5.69 Å². The largest absolute Gasteiger partial charge is 0.349 e. The average Bonchev–Trinajstić information content (AvgIpc) is 3.11. The van der Waals surface area contributed by atoms with Gasteiger partial charge in [-0.2, -0.15) is 0 Å². The number of nitro groups is 1. The van der Waals surface area contributed by atoms with E-state index in [1.54, 1.807) is 11.6 Å². The molecule has 10 nitrogen and oxygen atoms in total. The van der Waals surface area contributed by atoms with Gasteiger partial charge in [-0.05, 0) is 17.7 Å². The van der Waals surface area contributed by atoms with E-state index < -0.39 is 4.92 Å². The molecule has 11 heteroatoms. The number of nitro benzene ring substituents is 1. The molecule has 0 fully saturated rings. The maximum atomic E-state index is 12.1. The Morgan fingerprint density at radius 2 is 1.77 bits per heavy atom. The quantitative estimate of drug-likeness (QED) is 0.296. The number of non-ortho nitro benzene ring substituents is 1. The Morgan fingerprint density at radius 3 is 2.45 bits per heavy atom. The number of benzene rings is 2. The number of thioether (sulfide) groups is 1. The Hall–Kier alpha value is -3.73. The molecule has 1 aromatic heterocycles. The summed E-state index contributed by atoms with van der Waals surface area (Å²) >= 11 is 1.20. The third-order valence-corrected chi connectivity index (χ3v) is 5.29. The summed E-state index contributed by atoms with van der Waals surface area (Å²) in [4.78, 5) is 34.4. The van der Waals surface area contributed by atoms with Crippen LogP contribution in [-0.2, 0) is 29.6 Å². The SMILES string of the molecule is Cn1c(CNC(=O)Cc2ccccc2)nnc1SCC(=O)Nc1ccc([N+](=O)[O-])cc1. The molecule has 0 radical (unpaired) electrons. The first-order chi connectivity index (χ1) is 14.9. The van der Waals surface area contributed by atoms with Gasteiger partial charge in [-0.15, -0.1) is 10.2 Å². The number of nitrogens with zero attached hydrogens (tertiary/aromatic N) is 4. The molecule has 160 valence electrons. The first-order valence-corrected chi connectivity index (χ1v) is 10.3. The van der Waals surface area contributed by atoms with Crippen LogP contribution in [0.5, 0.6) is 0 Å². The fourth-order valence-electron chi connectivity index (χ4n) is 2.64. The van der Waals surface area contributed by atoms with Crippen molar-refractivity contribution in [2.24, 2.45) is 7.05 Å². The van der Waals surface area contributed by atoms with Gasteiger partial charge in [-0.25, -0.2) is 0 Å². The molecule has 0 atom stereocenters. The van der Waals surface area contributed by atoms with E-state index in [2.05, 4.69) is 20.8 Å². The highest BCUT2D eigenvalue weighted by atomic mass is 32.2. The highest BCUT2D eigenvalue weighted by Crippen LogP contribution is 2.18. The number of rotatable bonds is 9. The summed E-state index contributed by atoms with van der Waals surface area (Å²) < 4.78 is 1.71. The molecule has 0 saturated heterocycles. The number of amides is 2. The van der Waals surface area contributed by atoms with Crippen molar-refractivity contribution in [3.8, 4) is 0 Å². The van der Waals surface area contributed by atoms with Crippen molar-refractivity contribution in [1.29, 1.82) is 0 Å². The van der Waals surface area contributed by atoms with E-state index >= 15 is 0 Å². The van der Waals surface area contributed by atoms with E-state index in [0.717, 1.165) is 5.56 Å². The zero-order chi connectivity index (χ0) is 22.2. The highest BCUT2D eigenvalue weighted by molar-refractivity contribution is 7.99. The van der Waals surface area contributed by atoms with Crippen molar-refractivity contribution in [3.63, 3.8) is 0 Å². The molecule has 2 amide bonds. The lowest BCUT2D eigenvalue weighted by atomic mass is 10.1. The second-order valence-electron chi connectivity index (χ2n) is 6.54. The molecule has 2 N–H and O–H groups in total. The van der Waals surface area contributed by atoms with Crippen LogP contribution in [0.15, 0.2) is 59.8 Å². The third-order valence-electron chi connectivity index (χ3n) is 4.27. The summed E-state index contributed by atoms with van der Waals surface area (Å²) in [5.41, 5.74) is 1.35. The number of nitrogens with one attached hydrogen (secondary N) is 2. The van der Waals surface area contributed by atoms with E-state index in [9.17, 15) is 19.7 Å². The summed E-state index contributed by atoms with van der Waals surface area (Å²) in [5.74, 6) is 0.258. The van der Waals surface area contributed by atoms with Gasteiger partial charge < -0.3 is 15.2 Å². The summed E-state index contributed by atoms with van der Waals surface area (Å²) in [7, 11) is 1.76. The molecule has 1 heterocycles. The molecule has 0 aliphatic heterocycles. The van der Waals surface area contributed by atoms with Crippen LogP contribution in [0.3, 0.4) is 0 Å². The lowest BCUT2D eigenvalue weighted by Crippen LogP contribution is -2.26. The molecule has 0 unspecified atom stereocenters. The van der Waals surface area contributed by atoms with Crippen LogP contribution in [-0.4, -0.2) is 37.3 Å². The predicted molar refractivity (Wildman–Crippen MR) is 115 cm³/mol. The lowest BCUT2D eigenvalue weighted by molar-refractivity contribution is -0.384. The van der Waals surface area contributed by atoms with Gasteiger partial charge in [0.15, 0.2) is 11.0 Å². The van der Waals surface area contributed by atoms with E-state index in [4.69, 9.17) is 0 Å². The molecule has 0 aliphatic rings. The predicted octanol–water partition coefficient (Wildman–Crippen LogP) is 2.31. The van der Waals surface area contributed by atoms with Gasteiger partial charge in [0.2, 0.25) is 11.8 Å². The van der Waals surface area contributed by atoms with Gasteiger partial charge >= 0.3 is 0 Å². The molecule has 3 aromatic rings.